The van der Waals surface area contributed by atoms with E-state index >= 15 is 0 Å². The van der Waals surface area contributed by atoms with E-state index in [9.17, 15) is 4.79 Å². The molecule has 3 rings (SSSR count). The van der Waals surface area contributed by atoms with Crippen LogP contribution in [0, 0.1) is 0 Å². The number of hydrogen-bond donors (Lipinski definition) is 1. The van der Waals surface area contributed by atoms with Crippen LogP contribution in [-0.2, 0) is 6.54 Å². The van der Waals surface area contributed by atoms with Gasteiger partial charge in [-0.2, -0.15) is 0 Å². The molecule has 0 aromatic heterocycles. The first-order chi connectivity index (χ1) is 11.7. The monoisotopic (exact) mass is 326 g/mol. The molecule has 1 aliphatic rings. The highest BCUT2D eigenvalue weighted by Crippen LogP contribution is 2.14. The third kappa shape index (κ3) is 4.57. The SMILES string of the molecule is O=C(O)c1ccc(OCN2CCN(Cc3ccccc3)CC2)cc1. The van der Waals surface area contributed by atoms with Gasteiger partial charge in [0.15, 0.2) is 0 Å². The summed E-state index contributed by atoms with van der Waals surface area (Å²) in [5.41, 5.74) is 1.62. The summed E-state index contributed by atoms with van der Waals surface area (Å²) in [4.78, 5) is 15.5. The van der Waals surface area contributed by atoms with Crippen molar-refractivity contribution in [3.8, 4) is 5.75 Å². The van der Waals surface area contributed by atoms with Crippen LogP contribution in [0.2, 0.25) is 0 Å². The van der Waals surface area contributed by atoms with Gasteiger partial charge in [-0.3, -0.25) is 9.80 Å². The van der Waals surface area contributed by atoms with Crippen LogP contribution in [0.1, 0.15) is 15.9 Å². The Balaban J connectivity index is 1.41. The molecule has 0 saturated carbocycles. The van der Waals surface area contributed by atoms with E-state index in [1.54, 1.807) is 24.3 Å². The van der Waals surface area contributed by atoms with Crippen molar-refractivity contribution in [3.63, 3.8) is 0 Å². The second-order valence-corrected chi connectivity index (χ2v) is 5.98. The highest BCUT2D eigenvalue weighted by atomic mass is 16.5. The molecule has 24 heavy (non-hydrogen) atoms. The minimum Gasteiger partial charge on any atom is -0.478 e. The molecule has 1 saturated heterocycles. The molecule has 1 N–H and O–H groups in total. The molecule has 1 aliphatic heterocycles. The van der Waals surface area contributed by atoms with E-state index in [0.717, 1.165) is 32.7 Å². The zero-order valence-electron chi connectivity index (χ0n) is 13.6. The van der Waals surface area contributed by atoms with Gasteiger partial charge < -0.3 is 9.84 Å². The maximum Gasteiger partial charge on any atom is 0.335 e. The minimum atomic E-state index is -0.920. The highest BCUT2D eigenvalue weighted by Gasteiger charge is 2.17. The van der Waals surface area contributed by atoms with Crippen molar-refractivity contribution < 1.29 is 14.6 Å². The number of piperazine rings is 1. The molecule has 1 fully saturated rings. The van der Waals surface area contributed by atoms with Gasteiger partial charge in [0.2, 0.25) is 0 Å². The topological polar surface area (TPSA) is 53.0 Å². The second kappa shape index (κ2) is 7.95. The number of rotatable bonds is 6. The molecule has 5 heteroatoms. The fourth-order valence-corrected chi connectivity index (χ4v) is 2.78. The van der Waals surface area contributed by atoms with Crippen LogP contribution in [0.25, 0.3) is 0 Å². The first kappa shape index (κ1) is 16.5. The Hall–Kier alpha value is -2.37. The number of hydrogen-bond acceptors (Lipinski definition) is 4. The number of carboxylic acids is 1. The molecule has 1 heterocycles. The van der Waals surface area contributed by atoms with Crippen LogP contribution >= 0.6 is 0 Å². The lowest BCUT2D eigenvalue weighted by Gasteiger charge is -2.34. The van der Waals surface area contributed by atoms with Crippen LogP contribution in [0.3, 0.4) is 0 Å². The molecule has 126 valence electrons. The maximum atomic E-state index is 10.8. The van der Waals surface area contributed by atoms with Crippen molar-refractivity contribution in [1.82, 2.24) is 9.80 Å². The molecule has 0 unspecified atom stereocenters. The number of benzene rings is 2. The van der Waals surface area contributed by atoms with Gasteiger partial charge in [-0.05, 0) is 29.8 Å². The standard InChI is InChI=1S/C19H22N2O3/c22-19(23)17-6-8-18(9-7-17)24-15-21-12-10-20(11-13-21)14-16-4-2-1-3-5-16/h1-9H,10-15H2,(H,22,23). The molecular weight excluding hydrogens is 304 g/mol. The van der Waals surface area contributed by atoms with Crippen LogP contribution in [-0.4, -0.2) is 53.8 Å². The fraction of sp³-hybridized carbons (Fsp3) is 0.316. The first-order valence-electron chi connectivity index (χ1n) is 8.15. The van der Waals surface area contributed by atoms with E-state index in [2.05, 4.69) is 34.1 Å². The smallest absolute Gasteiger partial charge is 0.335 e. The summed E-state index contributed by atoms with van der Waals surface area (Å²) in [7, 11) is 0. The van der Waals surface area contributed by atoms with Crippen molar-refractivity contribution in [3.05, 3.63) is 65.7 Å². The summed E-state index contributed by atoms with van der Waals surface area (Å²) in [5, 5.41) is 8.89. The number of carboxylic acid groups (broad SMARTS) is 1. The van der Waals surface area contributed by atoms with E-state index in [1.807, 2.05) is 6.07 Å². The average molecular weight is 326 g/mol. The fourth-order valence-electron chi connectivity index (χ4n) is 2.78. The predicted molar refractivity (Wildman–Crippen MR) is 92.2 cm³/mol. The molecule has 0 radical (unpaired) electrons. The van der Waals surface area contributed by atoms with Gasteiger partial charge in [0.05, 0.1) is 5.56 Å². The molecule has 0 atom stereocenters. The Morgan fingerprint density at radius 1 is 0.917 bits per heavy atom. The minimum absolute atomic E-state index is 0.275. The molecule has 0 amide bonds. The summed E-state index contributed by atoms with van der Waals surface area (Å²) >= 11 is 0. The number of ether oxygens (including phenoxy) is 1. The molecule has 5 nitrogen and oxygen atoms in total. The van der Waals surface area contributed by atoms with E-state index in [-0.39, 0.29) is 5.56 Å². The van der Waals surface area contributed by atoms with E-state index in [1.165, 1.54) is 5.56 Å². The summed E-state index contributed by atoms with van der Waals surface area (Å²) < 4.78 is 5.75. The van der Waals surface area contributed by atoms with Crippen molar-refractivity contribution in [2.45, 2.75) is 6.54 Å². The van der Waals surface area contributed by atoms with Crippen molar-refractivity contribution in [2.75, 3.05) is 32.9 Å². The van der Waals surface area contributed by atoms with Gasteiger partial charge in [-0.15, -0.1) is 0 Å². The van der Waals surface area contributed by atoms with E-state index in [4.69, 9.17) is 9.84 Å². The van der Waals surface area contributed by atoms with Gasteiger partial charge in [0.1, 0.15) is 12.5 Å². The lowest BCUT2D eigenvalue weighted by atomic mass is 10.2. The largest absolute Gasteiger partial charge is 0.478 e. The molecule has 2 aromatic carbocycles. The zero-order chi connectivity index (χ0) is 16.8. The lowest BCUT2D eigenvalue weighted by molar-refractivity contribution is 0.0634. The first-order valence-corrected chi connectivity index (χ1v) is 8.15. The Kier molecular flexibility index (Phi) is 5.46. The number of carbonyl (C=O) groups is 1. The predicted octanol–water partition coefficient (Wildman–Crippen LogP) is 2.54. The summed E-state index contributed by atoms with van der Waals surface area (Å²) in [5.74, 6) is -0.220. The van der Waals surface area contributed by atoms with E-state index < -0.39 is 5.97 Å². The highest BCUT2D eigenvalue weighted by molar-refractivity contribution is 5.87. The molecule has 0 bridgehead atoms. The van der Waals surface area contributed by atoms with Gasteiger partial charge >= 0.3 is 5.97 Å². The van der Waals surface area contributed by atoms with Crippen LogP contribution in [0.5, 0.6) is 5.75 Å². The quantitative estimate of drug-likeness (QED) is 0.884. The van der Waals surface area contributed by atoms with Gasteiger partial charge in [0.25, 0.3) is 0 Å². The average Bonchev–Trinajstić information content (AvgIpc) is 2.62. The third-order valence-corrected chi connectivity index (χ3v) is 4.23. The van der Waals surface area contributed by atoms with Gasteiger partial charge in [-0.1, -0.05) is 30.3 Å². The molecule has 0 spiro atoms. The maximum absolute atomic E-state index is 10.8. The lowest BCUT2D eigenvalue weighted by Crippen LogP contribution is -2.47. The Bertz CT molecular complexity index is 650. The van der Waals surface area contributed by atoms with Crippen LogP contribution < -0.4 is 4.74 Å². The van der Waals surface area contributed by atoms with Crippen molar-refractivity contribution in [2.24, 2.45) is 0 Å². The number of nitrogens with zero attached hydrogens (tertiary/aromatic N) is 2. The Labute approximate surface area is 142 Å². The summed E-state index contributed by atoms with van der Waals surface area (Å²) in [6.07, 6.45) is 0. The summed E-state index contributed by atoms with van der Waals surface area (Å²) in [6, 6.07) is 17.1. The van der Waals surface area contributed by atoms with Gasteiger partial charge in [0, 0.05) is 32.7 Å². The third-order valence-electron chi connectivity index (χ3n) is 4.23. The van der Waals surface area contributed by atoms with Crippen molar-refractivity contribution in [1.29, 1.82) is 0 Å². The van der Waals surface area contributed by atoms with Gasteiger partial charge in [-0.25, -0.2) is 4.79 Å². The normalized spacial score (nSPS) is 16.0. The summed E-state index contributed by atoms with van der Waals surface area (Å²) in [6.45, 7) is 5.52. The Morgan fingerprint density at radius 3 is 2.17 bits per heavy atom. The molecular formula is C19H22N2O3. The molecule has 2 aromatic rings. The molecule has 0 aliphatic carbocycles. The van der Waals surface area contributed by atoms with Crippen molar-refractivity contribution >= 4 is 5.97 Å². The second-order valence-electron chi connectivity index (χ2n) is 5.98. The van der Waals surface area contributed by atoms with E-state index in [0.29, 0.717) is 12.5 Å². The Morgan fingerprint density at radius 2 is 1.54 bits per heavy atom. The number of aromatic carboxylic acids is 1. The van der Waals surface area contributed by atoms with Crippen LogP contribution in [0.4, 0.5) is 0 Å². The van der Waals surface area contributed by atoms with Crippen LogP contribution in [0.15, 0.2) is 54.6 Å². The zero-order valence-corrected chi connectivity index (χ0v) is 13.6.